The van der Waals surface area contributed by atoms with Gasteiger partial charge in [-0.25, -0.2) is 9.97 Å². The SMILES string of the molecule is Cn1c(CO)cnc1SCc1ccc(-n2ccnc2)cc1. The third kappa shape index (κ3) is 3.01. The van der Waals surface area contributed by atoms with Crippen LogP contribution in [-0.4, -0.2) is 24.2 Å². The molecular formula is C15H16N4OS. The van der Waals surface area contributed by atoms with Crippen molar-refractivity contribution in [3.8, 4) is 5.69 Å². The Hall–Kier alpha value is -2.05. The lowest BCUT2D eigenvalue weighted by molar-refractivity contribution is 0.271. The molecule has 2 aromatic heterocycles. The third-order valence-electron chi connectivity index (χ3n) is 3.31. The highest BCUT2D eigenvalue weighted by Gasteiger charge is 2.06. The summed E-state index contributed by atoms with van der Waals surface area (Å²) in [4.78, 5) is 8.36. The first-order chi connectivity index (χ1) is 10.3. The summed E-state index contributed by atoms with van der Waals surface area (Å²) in [5.74, 6) is 0.847. The molecule has 0 spiro atoms. The van der Waals surface area contributed by atoms with E-state index in [-0.39, 0.29) is 6.61 Å². The minimum atomic E-state index is 0.0175. The molecule has 108 valence electrons. The standard InChI is InChI=1S/C15H16N4OS/c1-18-14(9-20)8-17-15(18)21-10-12-2-4-13(5-3-12)19-7-6-16-11-19/h2-8,11,20H,9-10H2,1H3. The topological polar surface area (TPSA) is 55.9 Å². The Kier molecular flexibility index (Phi) is 4.08. The van der Waals surface area contributed by atoms with Gasteiger partial charge in [-0.15, -0.1) is 0 Å². The quantitative estimate of drug-likeness (QED) is 0.735. The molecule has 0 saturated heterocycles. The molecule has 0 amide bonds. The summed E-state index contributed by atoms with van der Waals surface area (Å²) < 4.78 is 3.90. The van der Waals surface area contributed by atoms with Crippen LogP contribution in [0.2, 0.25) is 0 Å². The van der Waals surface area contributed by atoms with Crippen molar-refractivity contribution in [3.63, 3.8) is 0 Å². The number of benzene rings is 1. The molecule has 0 aliphatic heterocycles. The fourth-order valence-electron chi connectivity index (χ4n) is 2.03. The van der Waals surface area contributed by atoms with Gasteiger partial charge in [0.15, 0.2) is 5.16 Å². The molecular weight excluding hydrogens is 284 g/mol. The van der Waals surface area contributed by atoms with E-state index < -0.39 is 0 Å². The summed E-state index contributed by atoms with van der Waals surface area (Å²) in [5.41, 5.74) is 3.16. The van der Waals surface area contributed by atoms with Crippen molar-refractivity contribution in [2.75, 3.05) is 0 Å². The number of thioether (sulfide) groups is 1. The Morgan fingerprint density at radius 3 is 2.67 bits per heavy atom. The minimum Gasteiger partial charge on any atom is -0.390 e. The van der Waals surface area contributed by atoms with Gasteiger partial charge in [-0.2, -0.15) is 0 Å². The van der Waals surface area contributed by atoms with Crippen LogP contribution in [0, 0.1) is 0 Å². The first kappa shape index (κ1) is 13.9. The number of hydrogen-bond acceptors (Lipinski definition) is 4. The molecule has 3 rings (SSSR count). The van der Waals surface area contributed by atoms with Gasteiger partial charge in [0.2, 0.25) is 0 Å². The molecule has 3 aromatic rings. The Morgan fingerprint density at radius 2 is 2.05 bits per heavy atom. The van der Waals surface area contributed by atoms with E-state index in [0.717, 1.165) is 22.3 Å². The third-order valence-corrected chi connectivity index (χ3v) is 4.43. The molecule has 0 aliphatic rings. The molecule has 6 heteroatoms. The molecule has 5 nitrogen and oxygen atoms in total. The number of aliphatic hydroxyl groups is 1. The van der Waals surface area contributed by atoms with Gasteiger partial charge >= 0.3 is 0 Å². The zero-order chi connectivity index (χ0) is 14.7. The van der Waals surface area contributed by atoms with Crippen LogP contribution < -0.4 is 0 Å². The smallest absolute Gasteiger partial charge is 0.168 e. The van der Waals surface area contributed by atoms with E-state index in [9.17, 15) is 0 Å². The van der Waals surface area contributed by atoms with Crippen LogP contribution in [0.4, 0.5) is 0 Å². The average molecular weight is 300 g/mol. The van der Waals surface area contributed by atoms with E-state index in [0.29, 0.717) is 0 Å². The van der Waals surface area contributed by atoms with Gasteiger partial charge in [0.1, 0.15) is 0 Å². The molecule has 0 aliphatic carbocycles. The van der Waals surface area contributed by atoms with Crippen molar-refractivity contribution in [1.29, 1.82) is 0 Å². The first-order valence-corrected chi connectivity index (χ1v) is 7.58. The fraction of sp³-hybridized carbons (Fsp3) is 0.200. The van der Waals surface area contributed by atoms with E-state index >= 15 is 0 Å². The van der Waals surface area contributed by atoms with E-state index in [1.165, 1.54) is 5.56 Å². The second kappa shape index (κ2) is 6.15. The van der Waals surface area contributed by atoms with Crippen LogP contribution in [0.1, 0.15) is 11.3 Å². The number of nitrogens with zero attached hydrogens (tertiary/aromatic N) is 4. The number of aliphatic hydroxyl groups excluding tert-OH is 1. The lowest BCUT2D eigenvalue weighted by Crippen LogP contribution is -1.97. The normalized spacial score (nSPS) is 11.0. The number of hydrogen-bond donors (Lipinski definition) is 1. The van der Waals surface area contributed by atoms with Crippen LogP contribution in [0.15, 0.2) is 54.3 Å². The van der Waals surface area contributed by atoms with Gasteiger partial charge in [-0.3, -0.25) is 0 Å². The van der Waals surface area contributed by atoms with Crippen LogP contribution in [0.25, 0.3) is 5.69 Å². The van der Waals surface area contributed by atoms with Crippen molar-refractivity contribution in [2.45, 2.75) is 17.5 Å². The largest absolute Gasteiger partial charge is 0.390 e. The Bertz CT molecular complexity index is 704. The molecule has 0 radical (unpaired) electrons. The van der Waals surface area contributed by atoms with Gasteiger partial charge < -0.3 is 14.2 Å². The Balaban J connectivity index is 1.67. The van der Waals surface area contributed by atoms with Gasteiger partial charge in [0, 0.05) is 30.9 Å². The molecule has 2 heterocycles. The predicted molar refractivity (Wildman–Crippen MR) is 82.3 cm³/mol. The van der Waals surface area contributed by atoms with Crippen LogP contribution >= 0.6 is 11.8 Å². The number of rotatable bonds is 5. The van der Waals surface area contributed by atoms with Crippen molar-refractivity contribution >= 4 is 11.8 Å². The summed E-state index contributed by atoms with van der Waals surface area (Å²) in [7, 11) is 1.92. The zero-order valence-electron chi connectivity index (χ0n) is 11.7. The molecule has 21 heavy (non-hydrogen) atoms. The van der Waals surface area contributed by atoms with Crippen molar-refractivity contribution in [1.82, 2.24) is 19.1 Å². The zero-order valence-corrected chi connectivity index (χ0v) is 12.5. The van der Waals surface area contributed by atoms with Gasteiger partial charge in [-0.05, 0) is 17.7 Å². The van der Waals surface area contributed by atoms with E-state index in [4.69, 9.17) is 5.11 Å². The number of aromatic nitrogens is 4. The van der Waals surface area contributed by atoms with E-state index in [2.05, 4.69) is 34.2 Å². The van der Waals surface area contributed by atoms with Crippen LogP contribution in [0.3, 0.4) is 0 Å². The first-order valence-electron chi connectivity index (χ1n) is 6.59. The van der Waals surface area contributed by atoms with Crippen molar-refractivity contribution < 1.29 is 5.11 Å². The summed E-state index contributed by atoms with van der Waals surface area (Å²) in [5, 5.41) is 10.1. The Labute approximate surface area is 127 Å². The molecule has 0 atom stereocenters. The van der Waals surface area contributed by atoms with Crippen LogP contribution in [0.5, 0.6) is 0 Å². The maximum absolute atomic E-state index is 9.16. The summed E-state index contributed by atoms with van der Waals surface area (Å²) in [6.45, 7) is 0.0175. The molecule has 0 unspecified atom stereocenters. The highest BCUT2D eigenvalue weighted by atomic mass is 32.2. The molecule has 0 saturated carbocycles. The monoisotopic (exact) mass is 300 g/mol. The maximum Gasteiger partial charge on any atom is 0.168 e. The maximum atomic E-state index is 9.16. The number of imidazole rings is 2. The summed E-state index contributed by atoms with van der Waals surface area (Å²) in [6.07, 6.45) is 7.19. The van der Waals surface area contributed by atoms with Crippen molar-refractivity contribution in [2.24, 2.45) is 7.05 Å². The molecule has 1 aromatic carbocycles. The lowest BCUT2D eigenvalue weighted by Gasteiger charge is -2.06. The predicted octanol–water partition coefficient (Wildman–Crippen LogP) is 2.39. The van der Waals surface area contributed by atoms with E-state index in [1.807, 2.05) is 22.4 Å². The van der Waals surface area contributed by atoms with Gasteiger partial charge in [0.05, 0.1) is 24.8 Å². The second-order valence-electron chi connectivity index (χ2n) is 4.67. The summed E-state index contributed by atoms with van der Waals surface area (Å²) in [6, 6.07) is 8.38. The average Bonchev–Trinajstić information content (AvgIpc) is 3.16. The Morgan fingerprint density at radius 1 is 1.24 bits per heavy atom. The summed E-state index contributed by atoms with van der Waals surface area (Å²) >= 11 is 1.66. The highest BCUT2D eigenvalue weighted by Crippen LogP contribution is 2.22. The van der Waals surface area contributed by atoms with Gasteiger partial charge in [0.25, 0.3) is 0 Å². The lowest BCUT2D eigenvalue weighted by atomic mass is 10.2. The second-order valence-corrected chi connectivity index (χ2v) is 5.62. The fourth-order valence-corrected chi connectivity index (χ4v) is 2.96. The van der Waals surface area contributed by atoms with Crippen molar-refractivity contribution in [3.05, 3.63) is 60.4 Å². The van der Waals surface area contributed by atoms with Crippen LogP contribution in [-0.2, 0) is 19.4 Å². The molecule has 0 bridgehead atoms. The van der Waals surface area contributed by atoms with E-state index in [1.54, 1.807) is 30.5 Å². The minimum absolute atomic E-state index is 0.0175. The highest BCUT2D eigenvalue weighted by molar-refractivity contribution is 7.98. The molecule has 0 fully saturated rings. The van der Waals surface area contributed by atoms with Gasteiger partial charge in [-0.1, -0.05) is 23.9 Å². The molecule has 1 N–H and O–H groups in total.